The Morgan fingerprint density at radius 2 is 1.94 bits per heavy atom. The van der Waals surface area contributed by atoms with Crippen LogP contribution in [0.15, 0.2) is 48.7 Å². The average molecular weight is 224 g/mol. The predicted molar refractivity (Wildman–Crippen MR) is 64.8 cm³/mol. The number of nitriles is 1. The van der Waals surface area contributed by atoms with E-state index in [9.17, 15) is 0 Å². The van der Waals surface area contributed by atoms with E-state index in [4.69, 9.17) is 10.00 Å². The van der Waals surface area contributed by atoms with Crippen LogP contribution >= 0.6 is 0 Å². The Kier molecular flexibility index (Phi) is 3.37. The molecule has 3 heteroatoms. The number of benzene rings is 1. The van der Waals surface area contributed by atoms with Gasteiger partial charge in [-0.15, -0.1) is 0 Å². The molecule has 0 aliphatic rings. The number of rotatable bonds is 3. The molecule has 2 rings (SSSR count). The maximum Gasteiger partial charge on any atom is 0.219 e. The number of ether oxygens (including phenoxy) is 1. The van der Waals surface area contributed by atoms with Crippen LogP contribution in [0.1, 0.15) is 18.4 Å². The van der Waals surface area contributed by atoms with Crippen molar-refractivity contribution in [2.45, 2.75) is 12.8 Å². The van der Waals surface area contributed by atoms with Crippen molar-refractivity contribution in [3.8, 4) is 17.7 Å². The maximum atomic E-state index is 8.78. The monoisotopic (exact) mass is 224 g/mol. The molecule has 84 valence electrons. The van der Waals surface area contributed by atoms with Gasteiger partial charge in [0.2, 0.25) is 5.88 Å². The van der Waals surface area contributed by atoms with Crippen molar-refractivity contribution in [1.29, 1.82) is 5.26 Å². The van der Waals surface area contributed by atoms with Gasteiger partial charge in [0.1, 0.15) is 5.75 Å². The normalized spacial score (nSPS) is 11.5. The van der Waals surface area contributed by atoms with E-state index in [1.54, 1.807) is 12.3 Å². The van der Waals surface area contributed by atoms with Gasteiger partial charge in [-0.3, -0.25) is 0 Å². The molecule has 3 nitrogen and oxygen atoms in total. The van der Waals surface area contributed by atoms with E-state index >= 15 is 0 Å². The summed E-state index contributed by atoms with van der Waals surface area (Å²) >= 11 is 0. The number of aromatic nitrogens is 1. The molecule has 0 aliphatic carbocycles. The molecule has 0 aliphatic heterocycles. The first kappa shape index (κ1) is 11.2. The van der Waals surface area contributed by atoms with E-state index in [0.717, 1.165) is 11.3 Å². The second-order valence-electron chi connectivity index (χ2n) is 3.70. The zero-order valence-corrected chi connectivity index (χ0v) is 9.50. The molecular weight excluding hydrogens is 212 g/mol. The summed E-state index contributed by atoms with van der Waals surface area (Å²) in [7, 11) is 0. The summed E-state index contributed by atoms with van der Waals surface area (Å²) in [6.45, 7) is 1.84. The van der Waals surface area contributed by atoms with E-state index in [-0.39, 0.29) is 5.92 Å². The van der Waals surface area contributed by atoms with Crippen LogP contribution in [-0.4, -0.2) is 4.98 Å². The second-order valence-corrected chi connectivity index (χ2v) is 3.70. The fourth-order valence-corrected chi connectivity index (χ4v) is 1.39. The number of pyridine rings is 1. The topological polar surface area (TPSA) is 45.9 Å². The van der Waals surface area contributed by atoms with Gasteiger partial charge in [-0.25, -0.2) is 4.98 Å². The first-order valence-corrected chi connectivity index (χ1v) is 5.38. The summed E-state index contributed by atoms with van der Waals surface area (Å²) in [5.74, 6) is 1.14. The van der Waals surface area contributed by atoms with Crippen molar-refractivity contribution in [3.05, 3.63) is 54.2 Å². The van der Waals surface area contributed by atoms with Crippen LogP contribution in [-0.2, 0) is 0 Å². The highest BCUT2D eigenvalue weighted by molar-refractivity contribution is 5.29. The summed E-state index contributed by atoms with van der Waals surface area (Å²) in [6, 6.07) is 15.3. The maximum absolute atomic E-state index is 8.78. The molecule has 2 aromatic rings. The molecule has 0 spiro atoms. The Morgan fingerprint density at radius 3 is 2.53 bits per heavy atom. The molecule has 0 amide bonds. The van der Waals surface area contributed by atoms with Crippen molar-refractivity contribution in [2.24, 2.45) is 0 Å². The van der Waals surface area contributed by atoms with Crippen LogP contribution in [0.3, 0.4) is 0 Å². The van der Waals surface area contributed by atoms with Gasteiger partial charge in [-0.1, -0.05) is 24.3 Å². The van der Waals surface area contributed by atoms with Gasteiger partial charge in [0.25, 0.3) is 0 Å². The number of hydrogen-bond donors (Lipinski definition) is 0. The molecule has 0 fully saturated rings. The Labute approximate surface area is 100 Å². The lowest BCUT2D eigenvalue weighted by Gasteiger charge is -2.06. The van der Waals surface area contributed by atoms with Gasteiger partial charge in [0, 0.05) is 12.3 Å². The zero-order chi connectivity index (χ0) is 12.1. The van der Waals surface area contributed by atoms with Gasteiger partial charge in [0.05, 0.1) is 12.0 Å². The van der Waals surface area contributed by atoms with Crippen molar-refractivity contribution >= 4 is 0 Å². The third kappa shape index (κ3) is 2.82. The predicted octanol–water partition coefficient (Wildman–Crippen LogP) is 3.50. The molecule has 1 unspecified atom stereocenters. The van der Waals surface area contributed by atoms with Crippen molar-refractivity contribution in [3.63, 3.8) is 0 Å². The van der Waals surface area contributed by atoms with Gasteiger partial charge in [-0.2, -0.15) is 5.26 Å². The quantitative estimate of drug-likeness (QED) is 0.801. The van der Waals surface area contributed by atoms with Crippen LogP contribution in [0.5, 0.6) is 11.6 Å². The molecule has 1 aromatic carbocycles. The molecular formula is C14H12N2O. The second kappa shape index (κ2) is 5.13. The van der Waals surface area contributed by atoms with E-state index in [1.165, 1.54) is 0 Å². The zero-order valence-electron chi connectivity index (χ0n) is 9.50. The number of hydrogen-bond acceptors (Lipinski definition) is 3. The van der Waals surface area contributed by atoms with E-state index in [0.29, 0.717) is 5.88 Å². The van der Waals surface area contributed by atoms with Crippen molar-refractivity contribution in [1.82, 2.24) is 4.98 Å². The number of para-hydroxylation sites is 1. The van der Waals surface area contributed by atoms with Crippen molar-refractivity contribution in [2.75, 3.05) is 0 Å². The van der Waals surface area contributed by atoms with Crippen LogP contribution < -0.4 is 4.74 Å². The third-order valence-electron chi connectivity index (χ3n) is 2.42. The molecule has 1 heterocycles. The molecule has 0 N–H and O–H groups in total. The highest BCUT2D eigenvalue weighted by atomic mass is 16.5. The van der Waals surface area contributed by atoms with Gasteiger partial charge < -0.3 is 4.74 Å². The fraction of sp³-hybridized carbons (Fsp3) is 0.143. The molecule has 17 heavy (non-hydrogen) atoms. The lowest BCUT2D eigenvalue weighted by Crippen LogP contribution is -1.92. The fourth-order valence-electron chi connectivity index (χ4n) is 1.39. The Morgan fingerprint density at radius 1 is 1.18 bits per heavy atom. The summed E-state index contributed by atoms with van der Waals surface area (Å²) in [5.41, 5.74) is 0.896. The molecule has 1 aromatic heterocycles. The molecule has 0 saturated carbocycles. The van der Waals surface area contributed by atoms with Crippen molar-refractivity contribution < 1.29 is 4.74 Å². The lowest BCUT2D eigenvalue weighted by atomic mass is 10.1. The molecule has 0 radical (unpaired) electrons. The largest absolute Gasteiger partial charge is 0.439 e. The standard InChI is InChI=1S/C14H12N2O/c1-11(9-15)12-7-8-14(16-10-12)17-13-5-3-2-4-6-13/h2-8,10-11H,1H3. The Balaban J connectivity index is 2.12. The van der Waals surface area contributed by atoms with Gasteiger partial charge in [-0.05, 0) is 24.6 Å². The Bertz CT molecular complexity index is 514. The highest BCUT2D eigenvalue weighted by Crippen LogP contribution is 2.20. The SMILES string of the molecule is CC(C#N)c1ccc(Oc2ccccc2)nc1. The molecule has 0 saturated heterocycles. The lowest BCUT2D eigenvalue weighted by molar-refractivity contribution is 0.462. The minimum atomic E-state index is -0.145. The minimum absolute atomic E-state index is 0.145. The molecule has 1 atom stereocenters. The van der Waals surface area contributed by atoms with E-state index in [2.05, 4.69) is 11.1 Å². The summed E-state index contributed by atoms with van der Waals surface area (Å²) in [6.07, 6.45) is 1.67. The first-order chi connectivity index (χ1) is 8.29. The first-order valence-electron chi connectivity index (χ1n) is 5.38. The highest BCUT2D eigenvalue weighted by Gasteiger charge is 2.04. The van der Waals surface area contributed by atoms with Crippen LogP contribution in [0.2, 0.25) is 0 Å². The smallest absolute Gasteiger partial charge is 0.219 e. The van der Waals surface area contributed by atoms with E-state index in [1.807, 2.05) is 43.3 Å². The van der Waals surface area contributed by atoms with Gasteiger partial charge >= 0.3 is 0 Å². The molecule has 0 bridgehead atoms. The van der Waals surface area contributed by atoms with Crippen LogP contribution in [0.4, 0.5) is 0 Å². The van der Waals surface area contributed by atoms with Crippen LogP contribution in [0, 0.1) is 11.3 Å². The number of nitrogens with zero attached hydrogens (tertiary/aromatic N) is 2. The summed E-state index contributed by atoms with van der Waals surface area (Å²) in [5, 5.41) is 8.78. The summed E-state index contributed by atoms with van der Waals surface area (Å²) < 4.78 is 5.55. The summed E-state index contributed by atoms with van der Waals surface area (Å²) in [4.78, 5) is 4.17. The van der Waals surface area contributed by atoms with Crippen LogP contribution in [0.25, 0.3) is 0 Å². The third-order valence-corrected chi connectivity index (χ3v) is 2.42. The Hall–Kier alpha value is -2.34. The average Bonchev–Trinajstić information content (AvgIpc) is 2.40. The minimum Gasteiger partial charge on any atom is -0.439 e. The van der Waals surface area contributed by atoms with Gasteiger partial charge in [0.15, 0.2) is 0 Å². The van der Waals surface area contributed by atoms with E-state index < -0.39 is 0 Å².